The molecule has 1 N–H and O–H groups in total. The van der Waals surface area contributed by atoms with E-state index < -0.39 is 0 Å². The minimum absolute atomic E-state index is 0.454. The Morgan fingerprint density at radius 2 is 2.15 bits per heavy atom. The minimum Gasteiger partial charge on any atom is -0.310 e. The molecule has 1 fully saturated rings. The molecule has 1 aliphatic rings. The third kappa shape index (κ3) is 2.40. The fourth-order valence-electron chi connectivity index (χ4n) is 3.90. The predicted octanol–water partition coefficient (Wildman–Crippen LogP) is 5.38. The van der Waals surface area contributed by atoms with Gasteiger partial charge in [-0.3, -0.25) is 0 Å². The van der Waals surface area contributed by atoms with E-state index in [-0.39, 0.29) is 0 Å². The molecule has 2 atom stereocenters. The highest BCUT2D eigenvalue weighted by atomic mass is 32.1. The van der Waals surface area contributed by atoms with Crippen molar-refractivity contribution in [3.63, 3.8) is 0 Å². The summed E-state index contributed by atoms with van der Waals surface area (Å²) in [5, 5.41) is 7.61. The Labute approximate surface area is 126 Å². The first-order chi connectivity index (χ1) is 9.63. The molecule has 1 aliphatic carbocycles. The van der Waals surface area contributed by atoms with Crippen LogP contribution in [0.1, 0.15) is 51.6 Å². The Kier molecular flexibility index (Phi) is 3.87. The van der Waals surface area contributed by atoms with Crippen molar-refractivity contribution in [1.82, 2.24) is 5.32 Å². The molecule has 2 aromatic rings. The summed E-state index contributed by atoms with van der Waals surface area (Å²) < 4.78 is 1.42. The molecule has 1 heterocycles. The van der Waals surface area contributed by atoms with Crippen LogP contribution in [0.15, 0.2) is 29.6 Å². The summed E-state index contributed by atoms with van der Waals surface area (Å²) in [7, 11) is 0. The van der Waals surface area contributed by atoms with Crippen molar-refractivity contribution in [2.75, 3.05) is 6.54 Å². The zero-order valence-electron chi connectivity index (χ0n) is 12.8. The van der Waals surface area contributed by atoms with E-state index in [2.05, 4.69) is 55.7 Å². The Morgan fingerprint density at radius 3 is 2.85 bits per heavy atom. The first-order valence-electron chi connectivity index (χ1n) is 7.83. The molecule has 0 radical (unpaired) electrons. The van der Waals surface area contributed by atoms with Crippen molar-refractivity contribution in [3.8, 4) is 0 Å². The smallest absolute Gasteiger partial charge is 0.0368 e. The van der Waals surface area contributed by atoms with E-state index in [1.165, 1.54) is 34.9 Å². The van der Waals surface area contributed by atoms with Crippen LogP contribution in [-0.2, 0) is 0 Å². The predicted molar refractivity (Wildman–Crippen MR) is 89.4 cm³/mol. The van der Waals surface area contributed by atoms with Crippen LogP contribution in [0.5, 0.6) is 0 Å². The van der Waals surface area contributed by atoms with Crippen molar-refractivity contribution in [3.05, 3.63) is 35.2 Å². The summed E-state index contributed by atoms with van der Waals surface area (Å²) in [4.78, 5) is 0. The zero-order valence-corrected chi connectivity index (χ0v) is 13.6. The van der Waals surface area contributed by atoms with Gasteiger partial charge >= 0.3 is 0 Å². The van der Waals surface area contributed by atoms with E-state index in [4.69, 9.17) is 0 Å². The van der Waals surface area contributed by atoms with Crippen LogP contribution < -0.4 is 5.32 Å². The maximum Gasteiger partial charge on any atom is 0.0368 e. The SMILES string of the molecule is CCNC(c1csc2ccccc12)C1CCCC1(C)C. The molecule has 20 heavy (non-hydrogen) atoms. The van der Waals surface area contributed by atoms with Gasteiger partial charge in [-0.2, -0.15) is 0 Å². The second-order valence-electron chi connectivity index (χ2n) is 6.71. The lowest BCUT2D eigenvalue weighted by Gasteiger charge is -2.34. The maximum absolute atomic E-state index is 3.78. The molecule has 1 saturated carbocycles. The molecule has 0 aliphatic heterocycles. The first-order valence-corrected chi connectivity index (χ1v) is 8.71. The second-order valence-corrected chi connectivity index (χ2v) is 7.62. The topological polar surface area (TPSA) is 12.0 Å². The number of thiophene rings is 1. The van der Waals surface area contributed by atoms with Gasteiger partial charge in [-0.25, -0.2) is 0 Å². The molecule has 1 aromatic heterocycles. The van der Waals surface area contributed by atoms with Crippen molar-refractivity contribution < 1.29 is 0 Å². The average Bonchev–Trinajstić information content (AvgIpc) is 2.99. The second kappa shape index (κ2) is 5.50. The van der Waals surface area contributed by atoms with E-state index in [0.717, 1.165) is 12.5 Å². The number of benzene rings is 1. The summed E-state index contributed by atoms with van der Waals surface area (Å²) in [5.41, 5.74) is 1.98. The van der Waals surface area contributed by atoms with Gasteiger partial charge in [-0.15, -0.1) is 11.3 Å². The largest absolute Gasteiger partial charge is 0.310 e. The van der Waals surface area contributed by atoms with Crippen molar-refractivity contribution >= 4 is 21.4 Å². The van der Waals surface area contributed by atoms with Crippen molar-refractivity contribution in [1.29, 1.82) is 0 Å². The van der Waals surface area contributed by atoms with E-state index >= 15 is 0 Å². The highest BCUT2D eigenvalue weighted by Crippen LogP contribution is 2.50. The van der Waals surface area contributed by atoms with Crippen LogP contribution >= 0.6 is 11.3 Å². The fraction of sp³-hybridized carbons (Fsp3) is 0.556. The van der Waals surface area contributed by atoms with Gasteiger partial charge in [0.1, 0.15) is 0 Å². The van der Waals surface area contributed by atoms with Crippen LogP contribution in [0.3, 0.4) is 0 Å². The van der Waals surface area contributed by atoms with Crippen LogP contribution in [0.2, 0.25) is 0 Å². The zero-order chi connectivity index (χ0) is 14.2. The van der Waals surface area contributed by atoms with Crippen LogP contribution in [0.25, 0.3) is 10.1 Å². The number of nitrogens with one attached hydrogen (secondary N) is 1. The quantitative estimate of drug-likeness (QED) is 0.796. The summed E-state index contributed by atoms with van der Waals surface area (Å²) in [6.45, 7) is 8.16. The normalized spacial score (nSPS) is 23.2. The third-order valence-electron chi connectivity index (χ3n) is 5.01. The lowest BCUT2D eigenvalue weighted by Crippen LogP contribution is -2.33. The minimum atomic E-state index is 0.454. The number of hydrogen-bond donors (Lipinski definition) is 1. The summed E-state index contributed by atoms with van der Waals surface area (Å²) in [6, 6.07) is 9.35. The summed E-state index contributed by atoms with van der Waals surface area (Å²) in [6.07, 6.45) is 4.10. The van der Waals surface area contributed by atoms with Crippen molar-refractivity contribution in [2.24, 2.45) is 11.3 Å². The van der Waals surface area contributed by atoms with E-state index in [9.17, 15) is 0 Å². The molecule has 1 aromatic carbocycles. The lowest BCUT2D eigenvalue weighted by molar-refractivity contribution is 0.200. The Balaban J connectivity index is 2.02. The molecule has 0 amide bonds. The summed E-state index contributed by atoms with van der Waals surface area (Å²) in [5.74, 6) is 0.750. The van der Waals surface area contributed by atoms with Gasteiger partial charge in [0, 0.05) is 10.7 Å². The molecule has 108 valence electrons. The molecule has 0 bridgehead atoms. The number of rotatable bonds is 4. The first kappa shape index (κ1) is 14.1. The van der Waals surface area contributed by atoms with Crippen molar-refractivity contribution in [2.45, 2.75) is 46.1 Å². The maximum atomic E-state index is 3.78. The Morgan fingerprint density at radius 1 is 1.35 bits per heavy atom. The molecule has 0 saturated heterocycles. The van der Waals surface area contributed by atoms with Gasteiger partial charge in [-0.05, 0) is 53.1 Å². The molecule has 0 spiro atoms. The van der Waals surface area contributed by atoms with Gasteiger partial charge in [0.25, 0.3) is 0 Å². The van der Waals surface area contributed by atoms with Crippen LogP contribution in [-0.4, -0.2) is 6.54 Å². The van der Waals surface area contributed by atoms with E-state index in [0.29, 0.717) is 11.5 Å². The molecule has 2 unspecified atom stereocenters. The molecule has 1 nitrogen and oxygen atoms in total. The van der Waals surface area contributed by atoms with Crippen LogP contribution in [0, 0.1) is 11.3 Å². The fourth-order valence-corrected chi connectivity index (χ4v) is 4.90. The third-order valence-corrected chi connectivity index (χ3v) is 5.99. The standard InChI is InChI=1S/C18H25NS/c1-4-19-17(15-9-7-11-18(15,2)3)14-12-20-16-10-6-5-8-13(14)16/h5-6,8,10,12,15,17,19H,4,7,9,11H2,1-3H3. The van der Waals surface area contributed by atoms with Gasteiger partial charge in [0.15, 0.2) is 0 Å². The average molecular weight is 287 g/mol. The van der Waals surface area contributed by atoms with Gasteiger partial charge in [0.05, 0.1) is 0 Å². The lowest BCUT2D eigenvalue weighted by atomic mass is 9.75. The van der Waals surface area contributed by atoms with Crippen LogP contribution in [0.4, 0.5) is 0 Å². The Bertz CT molecular complexity index is 584. The Hall–Kier alpha value is -0.860. The molecular formula is C18H25NS. The molecular weight excluding hydrogens is 262 g/mol. The highest BCUT2D eigenvalue weighted by Gasteiger charge is 2.40. The summed E-state index contributed by atoms with van der Waals surface area (Å²) >= 11 is 1.89. The molecule has 2 heteroatoms. The van der Waals surface area contributed by atoms with E-state index in [1.54, 1.807) is 0 Å². The molecule has 3 rings (SSSR count). The van der Waals surface area contributed by atoms with E-state index in [1.807, 2.05) is 11.3 Å². The number of fused-ring (bicyclic) bond motifs is 1. The monoisotopic (exact) mass is 287 g/mol. The highest BCUT2D eigenvalue weighted by molar-refractivity contribution is 7.17. The number of hydrogen-bond acceptors (Lipinski definition) is 2. The van der Waals surface area contributed by atoms with Gasteiger partial charge in [0.2, 0.25) is 0 Å². The van der Waals surface area contributed by atoms with Gasteiger partial charge < -0.3 is 5.32 Å². The van der Waals surface area contributed by atoms with Gasteiger partial charge in [-0.1, -0.05) is 45.4 Å².